The minimum atomic E-state index is -3.61. The van der Waals surface area contributed by atoms with Gasteiger partial charge in [-0.05, 0) is 31.5 Å². The summed E-state index contributed by atoms with van der Waals surface area (Å²) in [6, 6.07) is 4.73. The molecule has 114 valence electrons. The second kappa shape index (κ2) is 7.38. The van der Waals surface area contributed by atoms with Crippen LogP contribution in [0, 0.1) is 0 Å². The van der Waals surface area contributed by atoms with Gasteiger partial charge in [0.25, 0.3) is 0 Å². The van der Waals surface area contributed by atoms with Crippen LogP contribution in [0.3, 0.4) is 0 Å². The van der Waals surface area contributed by atoms with Crippen LogP contribution in [0.15, 0.2) is 23.1 Å². The molecule has 0 saturated heterocycles. The Balaban J connectivity index is 2.87. The highest BCUT2D eigenvalue weighted by molar-refractivity contribution is 7.89. The highest BCUT2D eigenvalue weighted by atomic mass is 35.5. The van der Waals surface area contributed by atoms with E-state index in [2.05, 4.69) is 0 Å². The Kier molecular flexibility index (Phi) is 6.42. The van der Waals surface area contributed by atoms with Crippen molar-refractivity contribution in [3.05, 3.63) is 28.8 Å². The number of nitrogens with zero attached hydrogens (tertiary/aromatic N) is 1. The van der Waals surface area contributed by atoms with Crippen LogP contribution in [0.25, 0.3) is 0 Å². The lowest BCUT2D eigenvalue weighted by Gasteiger charge is -2.19. The predicted octanol–water partition coefficient (Wildman–Crippen LogP) is 1.84. The second-order valence-corrected chi connectivity index (χ2v) is 7.14. The summed E-state index contributed by atoms with van der Waals surface area (Å²) in [4.78, 5) is 0.0865. The minimum absolute atomic E-state index is 0.0681. The van der Waals surface area contributed by atoms with Crippen molar-refractivity contribution in [3.63, 3.8) is 0 Å². The van der Waals surface area contributed by atoms with Gasteiger partial charge in [0.2, 0.25) is 10.0 Å². The van der Waals surface area contributed by atoms with E-state index in [0.29, 0.717) is 13.2 Å². The molecule has 0 atom stereocenters. The Morgan fingerprint density at radius 1 is 1.40 bits per heavy atom. The predicted molar refractivity (Wildman–Crippen MR) is 80.2 cm³/mol. The molecule has 0 bridgehead atoms. The number of hydrogen-bond acceptors (Lipinski definition) is 4. The molecule has 0 heterocycles. The van der Waals surface area contributed by atoms with Crippen molar-refractivity contribution in [1.29, 1.82) is 0 Å². The fraction of sp³-hybridized carbons (Fsp3) is 0.538. The molecule has 5 nitrogen and oxygen atoms in total. The van der Waals surface area contributed by atoms with E-state index in [-0.39, 0.29) is 22.6 Å². The molecular formula is C13H21ClN2O3S. The van der Waals surface area contributed by atoms with Gasteiger partial charge in [-0.2, -0.15) is 4.31 Å². The lowest BCUT2D eigenvalue weighted by atomic mass is 10.2. The average Bonchev–Trinajstić information content (AvgIpc) is 2.37. The molecule has 0 aliphatic rings. The topological polar surface area (TPSA) is 72.6 Å². The van der Waals surface area contributed by atoms with Crippen molar-refractivity contribution in [1.82, 2.24) is 4.31 Å². The maximum absolute atomic E-state index is 12.4. The van der Waals surface area contributed by atoms with E-state index in [1.54, 1.807) is 12.1 Å². The highest BCUT2D eigenvalue weighted by Crippen LogP contribution is 2.25. The Bertz CT molecular complexity index is 547. The van der Waals surface area contributed by atoms with E-state index >= 15 is 0 Å². The molecule has 0 spiro atoms. The van der Waals surface area contributed by atoms with Gasteiger partial charge in [0.05, 0.1) is 17.7 Å². The molecule has 0 saturated carbocycles. The normalized spacial score (nSPS) is 12.3. The molecule has 7 heteroatoms. The molecule has 1 rings (SSSR count). The molecule has 1 aromatic carbocycles. The summed E-state index contributed by atoms with van der Waals surface area (Å²) in [5.41, 5.74) is 6.29. The monoisotopic (exact) mass is 320 g/mol. The van der Waals surface area contributed by atoms with Crippen LogP contribution < -0.4 is 5.73 Å². The summed E-state index contributed by atoms with van der Waals surface area (Å²) in [7, 11) is -2.11. The van der Waals surface area contributed by atoms with Gasteiger partial charge in [0, 0.05) is 20.1 Å². The molecule has 1 aromatic rings. The fourth-order valence-corrected chi connectivity index (χ4v) is 3.28. The van der Waals surface area contributed by atoms with E-state index < -0.39 is 10.0 Å². The molecule has 0 aromatic heterocycles. The Morgan fingerprint density at radius 2 is 2.05 bits per heavy atom. The molecule has 0 amide bonds. The largest absolute Gasteiger partial charge is 0.377 e. The number of rotatable bonds is 7. The first-order valence-corrected chi connectivity index (χ1v) is 8.17. The maximum atomic E-state index is 12.4. The molecule has 2 N–H and O–H groups in total. The Hall–Kier alpha value is -0.660. The summed E-state index contributed by atoms with van der Waals surface area (Å²) < 4.78 is 31.4. The van der Waals surface area contributed by atoms with Gasteiger partial charge in [-0.15, -0.1) is 0 Å². The Morgan fingerprint density at radius 3 is 2.55 bits per heavy atom. The van der Waals surface area contributed by atoms with Crippen molar-refractivity contribution in [2.75, 3.05) is 20.2 Å². The molecule has 0 aliphatic carbocycles. The fourth-order valence-electron chi connectivity index (χ4n) is 1.59. The summed E-state index contributed by atoms with van der Waals surface area (Å²) in [6.45, 7) is 4.73. The number of hydrogen-bond donors (Lipinski definition) is 1. The van der Waals surface area contributed by atoms with Crippen LogP contribution in [0.1, 0.15) is 19.4 Å². The van der Waals surface area contributed by atoms with Gasteiger partial charge in [-0.3, -0.25) is 0 Å². The SMILES string of the molecule is CC(C)OCCN(C)S(=O)(=O)c1ccc(CN)cc1Cl. The Labute approximate surface area is 125 Å². The van der Waals surface area contributed by atoms with Gasteiger partial charge in [-0.25, -0.2) is 8.42 Å². The molecular weight excluding hydrogens is 300 g/mol. The summed E-state index contributed by atoms with van der Waals surface area (Å²) in [5.74, 6) is 0. The van der Waals surface area contributed by atoms with Crippen molar-refractivity contribution >= 4 is 21.6 Å². The number of likely N-dealkylation sites (N-methyl/N-ethyl adjacent to an activating group) is 1. The lowest BCUT2D eigenvalue weighted by molar-refractivity contribution is 0.0737. The van der Waals surface area contributed by atoms with Gasteiger partial charge < -0.3 is 10.5 Å². The van der Waals surface area contributed by atoms with Gasteiger partial charge in [-0.1, -0.05) is 17.7 Å². The third kappa shape index (κ3) is 4.43. The van der Waals surface area contributed by atoms with Crippen molar-refractivity contribution in [2.24, 2.45) is 5.73 Å². The summed E-state index contributed by atoms with van der Waals surface area (Å²) in [5, 5.41) is 0.185. The van der Waals surface area contributed by atoms with E-state index in [1.165, 1.54) is 17.4 Å². The molecule has 0 radical (unpaired) electrons. The second-order valence-electron chi connectivity index (χ2n) is 4.72. The first-order chi connectivity index (χ1) is 9.28. The number of halogens is 1. The van der Waals surface area contributed by atoms with E-state index in [1.807, 2.05) is 13.8 Å². The zero-order valence-corrected chi connectivity index (χ0v) is 13.5. The average molecular weight is 321 g/mol. The number of sulfonamides is 1. The van der Waals surface area contributed by atoms with Crippen molar-refractivity contribution in [3.8, 4) is 0 Å². The molecule has 0 unspecified atom stereocenters. The van der Waals surface area contributed by atoms with E-state index in [0.717, 1.165) is 5.56 Å². The van der Waals surface area contributed by atoms with Crippen LogP contribution >= 0.6 is 11.6 Å². The number of nitrogens with two attached hydrogens (primary N) is 1. The van der Waals surface area contributed by atoms with Crippen molar-refractivity contribution in [2.45, 2.75) is 31.4 Å². The van der Waals surface area contributed by atoms with Crippen LogP contribution in [0.4, 0.5) is 0 Å². The number of benzene rings is 1. The van der Waals surface area contributed by atoms with Crippen LogP contribution in [0.2, 0.25) is 5.02 Å². The summed E-state index contributed by atoms with van der Waals surface area (Å²) in [6.07, 6.45) is 0.0681. The van der Waals surface area contributed by atoms with Gasteiger partial charge in [0.1, 0.15) is 4.90 Å². The van der Waals surface area contributed by atoms with Gasteiger partial charge >= 0.3 is 0 Å². The van der Waals surface area contributed by atoms with Crippen LogP contribution in [-0.2, 0) is 21.3 Å². The maximum Gasteiger partial charge on any atom is 0.244 e. The first-order valence-electron chi connectivity index (χ1n) is 6.35. The van der Waals surface area contributed by atoms with E-state index in [9.17, 15) is 8.42 Å². The quantitative estimate of drug-likeness (QED) is 0.832. The smallest absolute Gasteiger partial charge is 0.244 e. The highest BCUT2D eigenvalue weighted by Gasteiger charge is 2.23. The number of ether oxygens (including phenoxy) is 1. The molecule has 0 aliphatic heterocycles. The van der Waals surface area contributed by atoms with Crippen LogP contribution in [-0.4, -0.2) is 39.0 Å². The minimum Gasteiger partial charge on any atom is -0.377 e. The lowest BCUT2D eigenvalue weighted by Crippen LogP contribution is -2.31. The molecule has 0 fully saturated rings. The third-order valence-electron chi connectivity index (χ3n) is 2.78. The first kappa shape index (κ1) is 17.4. The zero-order chi connectivity index (χ0) is 15.3. The van der Waals surface area contributed by atoms with Crippen molar-refractivity contribution < 1.29 is 13.2 Å². The zero-order valence-electron chi connectivity index (χ0n) is 12.0. The summed E-state index contributed by atoms with van der Waals surface area (Å²) >= 11 is 6.03. The molecule has 20 heavy (non-hydrogen) atoms. The van der Waals surface area contributed by atoms with Gasteiger partial charge in [0.15, 0.2) is 0 Å². The van der Waals surface area contributed by atoms with E-state index in [4.69, 9.17) is 22.1 Å². The van der Waals surface area contributed by atoms with Crippen LogP contribution in [0.5, 0.6) is 0 Å². The standard InChI is InChI=1S/C13H21ClN2O3S/c1-10(2)19-7-6-16(3)20(17,18)13-5-4-11(9-15)8-12(13)14/h4-5,8,10H,6-7,9,15H2,1-3H3. The third-order valence-corrected chi connectivity index (χ3v) is 5.12.